The summed E-state index contributed by atoms with van der Waals surface area (Å²) in [5, 5.41) is 6.38. The lowest BCUT2D eigenvalue weighted by Crippen LogP contribution is -2.12. The van der Waals surface area contributed by atoms with E-state index in [1.54, 1.807) is 24.3 Å². The molecule has 0 saturated heterocycles. The van der Waals surface area contributed by atoms with Crippen molar-refractivity contribution in [2.45, 2.75) is 6.92 Å². The molecule has 0 aliphatic heterocycles. The summed E-state index contributed by atoms with van der Waals surface area (Å²) >= 11 is 0. The van der Waals surface area contributed by atoms with E-state index >= 15 is 0 Å². The fourth-order valence-electron chi connectivity index (χ4n) is 1.82. The second kappa shape index (κ2) is 6.65. The summed E-state index contributed by atoms with van der Waals surface area (Å²) in [6, 6.07) is 6.97. The van der Waals surface area contributed by atoms with E-state index in [0.29, 0.717) is 18.0 Å². The van der Waals surface area contributed by atoms with Crippen LogP contribution in [0.3, 0.4) is 0 Å². The van der Waals surface area contributed by atoms with Crippen molar-refractivity contribution in [1.82, 2.24) is 20.1 Å². The molecule has 8 heteroatoms. The van der Waals surface area contributed by atoms with Crippen molar-refractivity contribution in [3.8, 4) is 17.3 Å². The predicted molar refractivity (Wildman–Crippen MR) is 80.9 cm³/mol. The average Bonchev–Trinajstić information content (AvgIpc) is 3.08. The van der Waals surface area contributed by atoms with Crippen molar-refractivity contribution in [1.29, 1.82) is 0 Å². The van der Waals surface area contributed by atoms with E-state index in [9.17, 15) is 4.79 Å². The van der Waals surface area contributed by atoms with Crippen LogP contribution in [-0.4, -0.2) is 32.6 Å². The normalized spacial score (nSPS) is 10.3. The van der Waals surface area contributed by atoms with Gasteiger partial charge in [0.1, 0.15) is 11.4 Å². The first-order valence-corrected chi connectivity index (χ1v) is 6.90. The van der Waals surface area contributed by atoms with Gasteiger partial charge >= 0.3 is 11.8 Å². The molecule has 2 aromatic heterocycles. The maximum absolute atomic E-state index is 12.1. The van der Waals surface area contributed by atoms with E-state index in [1.165, 1.54) is 18.6 Å². The zero-order valence-electron chi connectivity index (χ0n) is 12.3. The van der Waals surface area contributed by atoms with Crippen LogP contribution in [0.4, 0.5) is 5.69 Å². The number of nitrogens with zero attached hydrogens (tertiary/aromatic N) is 4. The highest BCUT2D eigenvalue weighted by Crippen LogP contribution is 2.17. The number of ether oxygens (including phenoxy) is 1. The Balaban J connectivity index is 1.70. The molecule has 0 spiro atoms. The SMILES string of the molecule is CCOc1ccc(NC(=O)c2nc(-c3cnccn3)no2)cc1. The Bertz CT molecular complexity index is 786. The van der Waals surface area contributed by atoms with Gasteiger partial charge in [-0.05, 0) is 31.2 Å². The smallest absolute Gasteiger partial charge is 0.316 e. The van der Waals surface area contributed by atoms with Crippen LogP contribution < -0.4 is 10.1 Å². The minimum absolute atomic E-state index is 0.153. The number of rotatable bonds is 5. The molecule has 0 unspecified atom stereocenters. The first-order valence-electron chi connectivity index (χ1n) is 6.90. The van der Waals surface area contributed by atoms with Crippen LogP contribution in [0.25, 0.3) is 11.5 Å². The van der Waals surface area contributed by atoms with Gasteiger partial charge in [-0.2, -0.15) is 4.98 Å². The van der Waals surface area contributed by atoms with Crippen molar-refractivity contribution in [2.75, 3.05) is 11.9 Å². The fourth-order valence-corrected chi connectivity index (χ4v) is 1.82. The molecule has 23 heavy (non-hydrogen) atoms. The lowest BCUT2D eigenvalue weighted by atomic mass is 10.3. The molecular weight excluding hydrogens is 298 g/mol. The quantitative estimate of drug-likeness (QED) is 0.770. The first kappa shape index (κ1) is 14.6. The largest absolute Gasteiger partial charge is 0.494 e. The molecule has 0 aliphatic carbocycles. The van der Waals surface area contributed by atoms with E-state index in [2.05, 4.69) is 25.4 Å². The lowest BCUT2D eigenvalue weighted by molar-refractivity contribution is 0.0981. The third-order valence-electron chi connectivity index (χ3n) is 2.84. The average molecular weight is 311 g/mol. The van der Waals surface area contributed by atoms with Crippen molar-refractivity contribution >= 4 is 11.6 Å². The van der Waals surface area contributed by atoms with Gasteiger partial charge in [0.05, 0.1) is 12.8 Å². The van der Waals surface area contributed by atoms with Crippen molar-refractivity contribution < 1.29 is 14.1 Å². The number of hydrogen-bond donors (Lipinski definition) is 1. The Morgan fingerprint density at radius 3 is 2.78 bits per heavy atom. The molecule has 8 nitrogen and oxygen atoms in total. The number of benzene rings is 1. The van der Waals surface area contributed by atoms with Crippen LogP contribution >= 0.6 is 0 Å². The number of carbonyl (C=O) groups excluding carboxylic acids is 1. The summed E-state index contributed by atoms with van der Waals surface area (Å²) in [5.74, 6) is 0.277. The Morgan fingerprint density at radius 2 is 2.09 bits per heavy atom. The summed E-state index contributed by atoms with van der Waals surface area (Å²) in [7, 11) is 0. The zero-order valence-corrected chi connectivity index (χ0v) is 12.3. The molecule has 1 amide bonds. The van der Waals surface area contributed by atoms with Crippen molar-refractivity contribution in [3.63, 3.8) is 0 Å². The van der Waals surface area contributed by atoms with Gasteiger partial charge in [0.15, 0.2) is 0 Å². The van der Waals surface area contributed by atoms with Crippen LogP contribution in [0.15, 0.2) is 47.4 Å². The van der Waals surface area contributed by atoms with Gasteiger partial charge in [-0.3, -0.25) is 9.78 Å². The Kier molecular flexibility index (Phi) is 4.23. The second-order valence-electron chi connectivity index (χ2n) is 4.43. The van der Waals surface area contributed by atoms with Crippen LogP contribution in [0.1, 0.15) is 17.6 Å². The number of hydrogen-bond acceptors (Lipinski definition) is 7. The van der Waals surface area contributed by atoms with Crippen LogP contribution in [0.5, 0.6) is 5.75 Å². The minimum Gasteiger partial charge on any atom is -0.494 e. The van der Waals surface area contributed by atoms with E-state index < -0.39 is 5.91 Å². The maximum Gasteiger partial charge on any atom is 0.316 e. The van der Waals surface area contributed by atoms with Gasteiger partial charge < -0.3 is 14.6 Å². The van der Waals surface area contributed by atoms with E-state index in [1.807, 2.05) is 6.92 Å². The monoisotopic (exact) mass is 311 g/mol. The van der Waals surface area contributed by atoms with E-state index in [0.717, 1.165) is 5.75 Å². The van der Waals surface area contributed by atoms with E-state index in [-0.39, 0.29) is 11.7 Å². The molecule has 0 radical (unpaired) electrons. The second-order valence-corrected chi connectivity index (χ2v) is 4.43. The van der Waals surface area contributed by atoms with Gasteiger partial charge in [0.25, 0.3) is 0 Å². The van der Waals surface area contributed by atoms with E-state index in [4.69, 9.17) is 9.26 Å². The number of carbonyl (C=O) groups is 1. The summed E-state index contributed by atoms with van der Waals surface area (Å²) < 4.78 is 10.3. The molecular formula is C15H13N5O3. The summed E-state index contributed by atoms with van der Waals surface area (Å²) in [6.45, 7) is 2.48. The molecule has 1 N–H and O–H groups in total. The molecule has 0 fully saturated rings. The van der Waals surface area contributed by atoms with Gasteiger partial charge in [-0.15, -0.1) is 0 Å². The van der Waals surface area contributed by atoms with Crippen LogP contribution in [0.2, 0.25) is 0 Å². The fraction of sp³-hybridized carbons (Fsp3) is 0.133. The van der Waals surface area contributed by atoms with Crippen molar-refractivity contribution in [2.24, 2.45) is 0 Å². The molecule has 116 valence electrons. The Morgan fingerprint density at radius 1 is 1.26 bits per heavy atom. The van der Waals surface area contributed by atoms with Gasteiger partial charge in [0, 0.05) is 18.1 Å². The van der Waals surface area contributed by atoms with Crippen LogP contribution in [-0.2, 0) is 0 Å². The standard InChI is InChI=1S/C15H13N5O3/c1-2-22-11-5-3-10(4-6-11)18-14(21)15-19-13(20-23-15)12-9-16-7-8-17-12/h3-9H,2H2,1H3,(H,18,21). The highest BCUT2D eigenvalue weighted by Gasteiger charge is 2.17. The molecule has 0 aliphatic rings. The number of aromatic nitrogens is 4. The molecule has 0 saturated carbocycles. The van der Waals surface area contributed by atoms with Gasteiger partial charge in [-0.25, -0.2) is 4.98 Å². The highest BCUT2D eigenvalue weighted by atomic mass is 16.5. The maximum atomic E-state index is 12.1. The third kappa shape index (κ3) is 3.49. The first-order chi connectivity index (χ1) is 11.3. The molecule has 1 aromatic carbocycles. The number of nitrogens with one attached hydrogen (secondary N) is 1. The molecule has 0 atom stereocenters. The number of amides is 1. The molecule has 0 bridgehead atoms. The lowest BCUT2D eigenvalue weighted by Gasteiger charge is -2.05. The molecule has 2 heterocycles. The Hall–Kier alpha value is -3.29. The summed E-state index contributed by atoms with van der Waals surface area (Å²) in [6.07, 6.45) is 4.52. The van der Waals surface area contributed by atoms with Crippen LogP contribution in [0, 0.1) is 0 Å². The number of anilines is 1. The molecule has 3 rings (SSSR count). The van der Waals surface area contributed by atoms with Gasteiger partial charge in [-0.1, -0.05) is 5.16 Å². The minimum atomic E-state index is -0.503. The summed E-state index contributed by atoms with van der Waals surface area (Å²) in [4.78, 5) is 24.1. The topological polar surface area (TPSA) is 103 Å². The predicted octanol–water partition coefficient (Wildman–Crippen LogP) is 2.18. The van der Waals surface area contributed by atoms with Gasteiger partial charge in [0.2, 0.25) is 5.82 Å². The zero-order chi connectivity index (χ0) is 16.1. The third-order valence-corrected chi connectivity index (χ3v) is 2.84. The summed E-state index contributed by atoms with van der Waals surface area (Å²) in [5.41, 5.74) is 1.02. The Labute approximate surface area is 131 Å². The molecule has 3 aromatic rings. The highest BCUT2D eigenvalue weighted by molar-refractivity contribution is 6.01. The van der Waals surface area contributed by atoms with Crippen molar-refractivity contribution in [3.05, 3.63) is 48.7 Å².